The molecule has 1 aromatic heterocycles. The van der Waals surface area contributed by atoms with Gasteiger partial charge in [-0.2, -0.15) is 0 Å². The van der Waals surface area contributed by atoms with Crippen LogP contribution in [0.4, 0.5) is 5.69 Å². The van der Waals surface area contributed by atoms with Crippen molar-refractivity contribution in [1.29, 1.82) is 0 Å². The van der Waals surface area contributed by atoms with Gasteiger partial charge in [-0.05, 0) is 85.9 Å². The number of halogens is 1. The molecule has 28 heavy (non-hydrogen) atoms. The Balaban J connectivity index is 2.07. The van der Waals surface area contributed by atoms with Gasteiger partial charge in [0, 0.05) is 32.7 Å². The lowest BCUT2D eigenvalue weighted by Gasteiger charge is -2.30. The molecule has 0 spiro atoms. The zero-order valence-electron chi connectivity index (χ0n) is 17.6. The van der Waals surface area contributed by atoms with Crippen molar-refractivity contribution >= 4 is 39.2 Å². The Morgan fingerprint density at radius 3 is 2.39 bits per heavy atom. The van der Waals surface area contributed by atoms with Gasteiger partial charge in [-0.15, -0.1) is 0 Å². The van der Waals surface area contributed by atoms with Crippen molar-refractivity contribution in [2.45, 2.75) is 59.9 Å². The molecule has 4 rings (SSSR count). The lowest BCUT2D eigenvalue weighted by atomic mass is 9.92. The molecule has 146 valence electrons. The van der Waals surface area contributed by atoms with Crippen molar-refractivity contribution in [3.63, 3.8) is 0 Å². The van der Waals surface area contributed by atoms with Crippen LogP contribution < -0.4 is 4.90 Å². The zero-order valence-corrected chi connectivity index (χ0v) is 19.7. The SMILES string of the molecule is CCC(CC)N1CCc2c(-c3c(C)cc(C)cc3C)nc3cccc(I)c3c21. The van der Waals surface area contributed by atoms with Gasteiger partial charge in [-0.25, -0.2) is 4.98 Å². The Hall–Kier alpha value is -1.62. The van der Waals surface area contributed by atoms with Gasteiger partial charge in [-0.1, -0.05) is 37.6 Å². The summed E-state index contributed by atoms with van der Waals surface area (Å²) in [6.07, 6.45) is 3.45. The van der Waals surface area contributed by atoms with Crippen LogP contribution in [-0.2, 0) is 6.42 Å². The summed E-state index contributed by atoms with van der Waals surface area (Å²) in [5, 5.41) is 1.34. The van der Waals surface area contributed by atoms with E-state index in [1.165, 1.54) is 61.0 Å². The van der Waals surface area contributed by atoms with E-state index in [1.807, 2.05) is 0 Å². The smallest absolute Gasteiger partial charge is 0.0768 e. The molecule has 0 radical (unpaired) electrons. The molecule has 2 heterocycles. The van der Waals surface area contributed by atoms with Crippen LogP contribution in [0.1, 0.15) is 48.9 Å². The predicted octanol–water partition coefficient (Wildman–Crippen LogP) is 6.98. The van der Waals surface area contributed by atoms with Gasteiger partial charge in [0.15, 0.2) is 0 Å². The summed E-state index contributed by atoms with van der Waals surface area (Å²) in [7, 11) is 0. The first kappa shape index (κ1) is 19.7. The number of rotatable bonds is 4. The molecule has 0 aliphatic carbocycles. The Bertz CT molecular complexity index is 1030. The minimum Gasteiger partial charge on any atom is -0.367 e. The summed E-state index contributed by atoms with van der Waals surface area (Å²) in [6.45, 7) is 12.4. The first-order chi connectivity index (χ1) is 13.5. The Morgan fingerprint density at radius 1 is 1.07 bits per heavy atom. The van der Waals surface area contributed by atoms with Crippen molar-refractivity contribution in [3.05, 3.63) is 56.2 Å². The maximum atomic E-state index is 5.24. The standard InChI is InChI=1S/C25H29IN2/c1-6-18(7-2)28-12-11-19-24(22-16(4)13-15(3)14-17(22)5)27-21-10-8-9-20(26)23(21)25(19)28/h8-10,13-14,18H,6-7,11-12H2,1-5H3. The zero-order chi connectivity index (χ0) is 20.0. The highest BCUT2D eigenvalue weighted by Gasteiger charge is 2.31. The highest BCUT2D eigenvalue weighted by atomic mass is 127. The minimum atomic E-state index is 0.593. The van der Waals surface area contributed by atoms with Gasteiger partial charge < -0.3 is 4.90 Å². The molecule has 0 N–H and O–H groups in total. The van der Waals surface area contributed by atoms with Crippen LogP contribution in [0.15, 0.2) is 30.3 Å². The molecule has 2 nitrogen and oxygen atoms in total. The second-order valence-corrected chi connectivity index (χ2v) is 9.27. The third kappa shape index (κ3) is 3.12. The van der Waals surface area contributed by atoms with Crippen LogP contribution in [-0.4, -0.2) is 17.6 Å². The van der Waals surface area contributed by atoms with Gasteiger partial charge in [0.25, 0.3) is 0 Å². The molecule has 0 saturated heterocycles. The highest BCUT2D eigenvalue weighted by molar-refractivity contribution is 14.1. The minimum absolute atomic E-state index is 0.593. The molecule has 0 saturated carbocycles. The monoisotopic (exact) mass is 484 g/mol. The second kappa shape index (κ2) is 7.66. The van der Waals surface area contributed by atoms with Crippen LogP contribution in [0.2, 0.25) is 0 Å². The van der Waals surface area contributed by atoms with Gasteiger partial charge in [0.2, 0.25) is 0 Å². The third-order valence-electron chi connectivity index (χ3n) is 6.22. The molecular formula is C25H29IN2. The lowest BCUT2D eigenvalue weighted by Crippen LogP contribution is -2.32. The number of nitrogens with zero attached hydrogens (tertiary/aromatic N) is 2. The average molecular weight is 484 g/mol. The quantitative estimate of drug-likeness (QED) is 0.372. The summed E-state index contributed by atoms with van der Waals surface area (Å²) >= 11 is 2.49. The number of aryl methyl sites for hydroxylation is 3. The van der Waals surface area contributed by atoms with Crippen LogP contribution in [0, 0.1) is 24.3 Å². The van der Waals surface area contributed by atoms with Crippen molar-refractivity contribution in [2.75, 3.05) is 11.4 Å². The van der Waals surface area contributed by atoms with Gasteiger partial charge >= 0.3 is 0 Å². The Morgan fingerprint density at radius 2 is 1.75 bits per heavy atom. The molecule has 0 unspecified atom stereocenters. The van der Waals surface area contributed by atoms with E-state index in [-0.39, 0.29) is 0 Å². The van der Waals surface area contributed by atoms with E-state index >= 15 is 0 Å². The molecule has 0 atom stereocenters. The fourth-order valence-corrected chi connectivity index (χ4v) is 5.78. The molecular weight excluding hydrogens is 455 g/mol. The number of benzene rings is 2. The Kier molecular flexibility index (Phi) is 5.38. The number of anilines is 1. The number of hydrogen-bond donors (Lipinski definition) is 0. The van der Waals surface area contributed by atoms with E-state index in [0.717, 1.165) is 18.5 Å². The number of hydrogen-bond acceptors (Lipinski definition) is 2. The van der Waals surface area contributed by atoms with Gasteiger partial charge in [0.05, 0.1) is 16.9 Å². The van der Waals surface area contributed by atoms with Crippen LogP contribution in [0.5, 0.6) is 0 Å². The summed E-state index contributed by atoms with van der Waals surface area (Å²) in [6, 6.07) is 11.7. The van der Waals surface area contributed by atoms with Crippen LogP contribution in [0.3, 0.4) is 0 Å². The van der Waals surface area contributed by atoms with E-state index in [2.05, 4.69) is 92.4 Å². The molecule has 0 amide bonds. The van der Waals surface area contributed by atoms with E-state index < -0.39 is 0 Å². The summed E-state index contributed by atoms with van der Waals surface area (Å²) in [5.74, 6) is 0. The van der Waals surface area contributed by atoms with Gasteiger partial charge in [-0.3, -0.25) is 0 Å². The van der Waals surface area contributed by atoms with E-state index in [9.17, 15) is 0 Å². The predicted molar refractivity (Wildman–Crippen MR) is 130 cm³/mol. The van der Waals surface area contributed by atoms with E-state index in [1.54, 1.807) is 0 Å². The molecule has 0 bridgehead atoms. The second-order valence-electron chi connectivity index (χ2n) is 8.11. The van der Waals surface area contributed by atoms with Crippen molar-refractivity contribution in [3.8, 4) is 11.3 Å². The lowest BCUT2D eigenvalue weighted by molar-refractivity contribution is 0.572. The fourth-order valence-electron chi connectivity index (χ4n) is 5.04. The van der Waals surface area contributed by atoms with Crippen molar-refractivity contribution in [2.24, 2.45) is 0 Å². The maximum absolute atomic E-state index is 5.24. The van der Waals surface area contributed by atoms with Crippen molar-refractivity contribution < 1.29 is 0 Å². The summed E-state index contributed by atoms with van der Waals surface area (Å²) in [5.41, 5.74) is 10.5. The summed E-state index contributed by atoms with van der Waals surface area (Å²) < 4.78 is 1.31. The fraction of sp³-hybridized carbons (Fsp3) is 0.400. The van der Waals surface area contributed by atoms with E-state index in [0.29, 0.717) is 6.04 Å². The first-order valence-corrected chi connectivity index (χ1v) is 11.5. The molecule has 1 aliphatic heterocycles. The summed E-state index contributed by atoms with van der Waals surface area (Å²) in [4.78, 5) is 7.91. The van der Waals surface area contributed by atoms with E-state index in [4.69, 9.17) is 4.98 Å². The number of aromatic nitrogens is 1. The van der Waals surface area contributed by atoms with Crippen LogP contribution >= 0.6 is 22.6 Å². The highest BCUT2D eigenvalue weighted by Crippen LogP contribution is 2.44. The normalized spacial score (nSPS) is 13.6. The molecule has 1 aliphatic rings. The maximum Gasteiger partial charge on any atom is 0.0768 e. The molecule has 3 heteroatoms. The molecule has 2 aromatic carbocycles. The molecule has 3 aromatic rings. The average Bonchev–Trinajstić information content (AvgIpc) is 3.07. The Labute approximate surface area is 182 Å². The largest absolute Gasteiger partial charge is 0.367 e. The van der Waals surface area contributed by atoms with Crippen LogP contribution in [0.25, 0.3) is 22.2 Å². The third-order valence-corrected chi connectivity index (χ3v) is 7.12. The van der Waals surface area contributed by atoms with Gasteiger partial charge in [0.1, 0.15) is 0 Å². The van der Waals surface area contributed by atoms with Crippen molar-refractivity contribution in [1.82, 2.24) is 4.98 Å². The topological polar surface area (TPSA) is 16.1 Å². The molecule has 0 fully saturated rings. The first-order valence-electron chi connectivity index (χ1n) is 10.4. The number of fused-ring (bicyclic) bond motifs is 3. The number of pyridine rings is 1.